The van der Waals surface area contributed by atoms with Crippen molar-refractivity contribution < 1.29 is 0 Å². The summed E-state index contributed by atoms with van der Waals surface area (Å²) in [5.74, 6) is 0.963. The van der Waals surface area contributed by atoms with Gasteiger partial charge >= 0.3 is 0 Å². The Balaban J connectivity index is 1.51. The minimum Gasteiger partial charge on any atom is -0.303 e. The van der Waals surface area contributed by atoms with Crippen LogP contribution in [0.25, 0.3) is 0 Å². The minimum atomic E-state index is 0.341. The maximum atomic E-state index is 2.69. The molecule has 2 rings (SSSR count). The highest BCUT2D eigenvalue weighted by Crippen LogP contribution is 2.24. The Labute approximate surface area is 145 Å². The van der Waals surface area contributed by atoms with Gasteiger partial charge in [-0.3, -0.25) is 4.90 Å². The summed E-state index contributed by atoms with van der Waals surface area (Å²) in [6, 6.07) is 0. The maximum Gasteiger partial charge on any atom is 0.0126 e. The predicted molar refractivity (Wildman–Crippen MR) is 101 cm³/mol. The predicted octanol–water partition coefficient (Wildman–Crippen LogP) is 3.55. The Bertz CT molecular complexity index is 339. The van der Waals surface area contributed by atoms with Gasteiger partial charge in [0.2, 0.25) is 0 Å². The first-order chi connectivity index (χ1) is 10.6. The number of hydrogen-bond acceptors (Lipinski definition) is 3. The molecule has 0 N–H and O–H groups in total. The summed E-state index contributed by atoms with van der Waals surface area (Å²) in [5.41, 5.74) is 0.840. The van der Waals surface area contributed by atoms with Crippen LogP contribution < -0.4 is 0 Å². The van der Waals surface area contributed by atoms with Crippen LogP contribution in [0.2, 0.25) is 0 Å². The Kier molecular flexibility index (Phi) is 6.55. The van der Waals surface area contributed by atoms with Crippen molar-refractivity contribution in [3.05, 3.63) is 0 Å². The van der Waals surface area contributed by atoms with E-state index >= 15 is 0 Å². The van der Waals surface area contributed by atoms with Gasteiger partial charge in [-0.05, 0) is 64.5 Å². The zero-order valence-electron chi connectivity index (χ0n) is 16.7. The Morgan fingerprint density at radius 1 is 0.783 bits per heavy atom. The van der Waals surface area contributed by atoms with Crippen molar-refractivity contribution in [3.63, 3.8) is 0 Å². The second-order valence-electron chi connectivity index (χ2n) is 10.1. The Morgan fingerprint density at radius 3 is 1.91 bits per heavy atom. The molecule has 0 bridgehead atoms. The van der Waals surface area contributed by atoms with E-state index in [1.165, 1.54) is 71.6 Å². The summed E-state index contributed by atoms with van der Waals surface area (Å²) in [5, 5.41) is 0. The van der Waals surface area contributed by atoms with Crippen LogP contribution in [0.1, 0.15) is 60.8 Å². The molecule has 2 saturated heterocycles. The van der Waals surface area contributed by atoms with E-state index in [0.29, 0.717) is 11.0 Å². The lowest BCUT2D eigenvalue weighted by atomic mass is 9.89. The number of piperazine rings is 1. The summed E-state index contributed by atoms with van der Waals surface area (Å²) >= 11 is 0. The van der Waals surface area contributed by atoms with E-state index in [9.17, 15) is 0 Å². The van der Waals surface area contributed by atoms with Crippen molar-refractivity contribution >= 4 is 0 Å². The molecule has 2 fully saturated rings. The average Bonchev–Trinajstić information content (AvgIpc) is 2.38. The van der Waals surface area contributed by atoms with Crippen LogP contribution in [0.4, 0.5) is 0 Å². The van der Waals surface area contributed by atoms with Gasteiger partial charge in [0, 0.05) is 44.8 Å². The quantitative estimate of drug-likeness (QED) is 0.740. The third-order valence-electron chi connectivity index (χ3n) is 5.61. The van der Waals surface area contributed by atoms with Gasteiger partial charge in [0.15, 0.2) is 0 Å². The third-order valence-corrected chi connectivity index (χ3v) is 5.61. The summed E-state index contributed by atoms with van der Waals surface area (Å²) < 4.78 is 0. The maximum absolute atomic E-state index is 2.69. The fraction of sp³-hybridized carbons (Fsp3) is 1.00. The first kappa shape index (κ1) is 19.2. The van der Waals surface area contributed by atoms with E-state index in [-0.39, 0.29) is 0 Å². The van der Waals surface area contributed by atoms with Gasteiger partial charge < -0.3 is 9.80 Å². The number of rotatable bonds is 6. The molecule has 0 spiro atoms. The summed E-state index contributed by atoms with van der Waals surface area (Å²) in [6.07, 6.45) is 4.13. The molecule has 0 amide bonds. The van der Waals surface area contributed by atoms with E-state index in [1.807, 2.05) is 0 Å². The number of hydrogen-bond donors (Lipinski definition) is 0. The van der Waals surface area contributed by atoms with Gasteiger partial charge in [0.1, 0.15) is 0 Å². The monoisotopic (exact) mass is 323 g/mol. The van der Waals surface area contributed by atoms with Crippen LogP contribution in [-0.4, -0.2) is 72.6 Å². The Morgan fingerprint density at radius 2 is 1.39 bits per heavy atom. The summed E-state index contributed by atoms with van der Waals surface area (Å²) in [4.78, 5) is 7.97. The van der Waals surface area contributed by atoms with Crippen LogP contribution >= 0.6 is 0 Å². The molecular weight excluding hydrogens is 282 g/mol. The largest absolute Gasteiger partial charge is 0.303 e. The lowest BCUT2D eigenvalue weighted by Gasteiger charge is -2.44. The van der Waals surface area contributed by atoms with Crippen molar-refractivity contribution in [1.29, 1.82) is 0 Å². The van der Waals surface area contributed by atoms with Crippen LogP contribution in [0.3, 0.4) is 0 Å². The molecular formula is C20H41N3. The second-order valence-corrected chi connectivity index (χ2v) is 10.1. The van der Waals surface area contributed by atoms with E-state index in [1.54, 1.807) is 0 Å². The molecule has 0 aromatic rings. The zero-order valence-corrected chi connectivity index (χ0v) is 16.7. The first-order valence-corrected chi connectivity index (χ1v) is 9.83. The van der Waals surface area contributed by atoms with Gasteiger partial charge in [-0.15, -0.1) is 0 Å². The highest BCUT2D eigenvalue weighted by molar-refractivity contribution is 4.84. The van der Waals surface area contributed by atoms with Crippen molar-refractivity contribution in [2.45, 2.75) is 66.3 Å². The second kappa shape index (κ2) is 7.84. The minimum absolute atomic E-state index is 0.341. The molecule has 0 aliphatic carbocycles. The van der Waals surface area contributed by atoms with Crippen molar-refractivity contribution in [3.8, 4) is 0 Å². The SMILES string of the molecule is CC(C)(C)CCCN1CC(CCN2CCN(C(C)(C)C)CC2)C1. The molecule has 136 valence electrons. The Hall–Kier alpha value is -0.120. The van der Waals surface area contributed by atoms with E-state index in [4.69, 9.17) is 0 Å². The van der Waals surface area contributed by atoms with Crippen molar-refractivity contribution in [1.82, 2.24) is 14.7 Å². The zero-order chi connectivity index (χ0) is 17.1. The topological polar surface area (TPSA) is 9.72 Å². The molecule has 0 atom stereocenters. The summed E-state index contributed by atoms with van der Waals surface area (Å²) in [7, 11) is 0. The molecule has 0 unspecified atom stereocenters. The third kappa shape index (κ3) is 6.72. The molecule has 2 heterocycles. The van der Waals surface area contributed by atoms with Gasteiger partial charge in [-0.25, -0.2) is 0 Å². The molecule has 0 radical (unpaired) electrons. The van der Waals surface area contributed by atoms with Crippen LogP contribution in [-0.2, 0) is 0 Å². The molecule has 0 aromatic carbocycles. The highest BCUT2D eigenvalue weighted by Gasteiger charge is 2.29. The van der Waals surface area contributed by atoms with Gasteiger partial charge in [-0.1, -0.05) is 20.8 Å². The van der Waals surface area contributed by atoms with Crippen molar-refractivity contribution in [2.24, 2.45) is 11.3 Å². The van der Waals surface area contributed by atoms with Gasteiger partial charge in [-0.2, -0.15) is 0 Å². The highest BCUT2D eigenvalue weighted by atomic mass is 15.3. The fourth-order valence-electron chi connectivity index (χ4n) is 3.88. The van der Waals surface area contributed by atoms with E-state index in [2.05, 4.69) is 56.2 Å². The van der Waals surface area contributed by atoms with Gasteiger partial charge in [0.05, 0.1) is 0 Å². The van der Waals surface area contributed by atoms with Crippen LogP contribution in [0.5, 0.6) is 0 Å². The van der Waals surface area contributed by atoms with Crippen LogP contribution in [0, 0.1) is 11.3 Å². The lowest BCUT2D eigenvalue weighted by Crippen LogP contribution is -2.54. The van der Waals surface area contributed by atoms with E-state index in [0.717, 1.165) is 5.92 Å². The molecule has 3 heteroatoms. The van der Waals surface area contributed by atoms with Gasteiger partial charge in [0.25, 0.3) is 0 Å². The van der Waals surface area contributed by atoms with Crippen molar-refractivity contribution in [2.75, 3.05) is 52.4 Å². The lowest BCUT2D eigenvalue weighted by molar-refractivity contribution is 0.0452. The molecule has 23 heavy (non-hydrogen) atoms. The smallest absolute Gasteiger partial charge is 0.0126 e. The van der Waals surface area contributed by atoms with E-state index < -0.39 is 0 Å². The molecule has 0 aromatic heterocycles. The normalized spacial score (nSPS) is 23.2. The molecule has 2 aliphatic heterocycles. The average molecular weight is 324 g/mol. The standard InChI is InChI=1S/C20H41N3/c1-19(2,3)9-7-10-22-16-18(17-22)8-11-21-12-14-23(15-13-21)20(4,5)6/h18H,7-17H2,1-6H3. The molecule has 2 aliphatic rings. The number of likely N-dealkylation sites (tertiary alicyclic amines) is 1. The number of nitrogens with zero attached hydrogens (tertiary/aromatic N) is 3. The summed E-state index contributed by atoms with van der Waals surface area (Å²) in [6.45, 7) is 24.4. The first-order valence-electron chi connectivity index (χ1n) is 9.83. The fourth-order valence-corrected chi connectivity index (χ4v) is 3.88. The molecule has 0 saturated carbocycles. The van der Waals surface area contributed by atoms with Crippen LogP contribution in [0.15, 0.2) is 0 Å². The molecule has 3 nitrogen and oxygen atoms in total.